The lowest BCUT2D eigenvalue weighted by atomic mass is 10.0. The summed E-state index contributed by atoms with van der Waals surface area (Å²) in [5.74, 6) is 1.29. The molecule has 1 amide bonds. The fourth-order valence-corrected chi connectivity index (χ4v) is 2.57. The summed E-state index contributed by atoms with van der Waals surface area (Å²) < 4.78 is 5.68. The highest BCUT2D eigenvalue weighted by atomic mass is 16.5. The van der Waals surface area contributed by atoms with E-state index < -0.39 is 0 Å². The number of hydrogen-bond donors (Lipinski definition) is 1. The zero-order chi connectivity index (χ0) is 14.7. The molecule has 0 saturated heterocycles. The van der Waals surface area contributed by atoms with Crippen molar-refractivity contribution in [1.82, 2.24) is 4.90 Å². The van der Waals surface area contributed by atoms with Gasteiger partial charge in [-0.15, -0.1) is 0 Å². The van der Waals surface area contributed by atoms with Crippen LogP contribution in [0, 0.1) is 5.92 Å². The Morgan fingerprint density at radius 3 is 2.85 bits per heavy atom. The van der Waals surface area contributed by atoms with E-state index in [1.165, 1.54) is 0 Å². The lowest BCUT2D eigenvalue weighted by molar-refractivity contribution is 0.0723. The molecule has 0 aliphatic carbocycles. The molecule has 0 radical (unpaired) electrons. The van der Waals surface area contributed by atoms with Crippen molar-refractivity contribution in [3.63, 3.8) is 0 Å². The van der Waals surface area contributed by atoms with E-state index in [0.29, 0.717) is 23.8 Å². The van der Waals surface area contributed by atoms with Crippen molar-refractivity contribution in [3.8, 4) is 5.75 Å². The van der Waals surface area contributed by atoms with Crippen LogP contribution in [0.4, 0.5) is 5.69 Å². The van der Waals surface area contributed by atoms with Crippen molar-refractivity contribution >= 4 is 11.6 Å². The SMILES string of the molecule is CC(C)CC(C)N(C)C(=O)c1cccc2c1OCCN2. The number of rotatable bonds is 4. The Kier molecular flexibility index (Phi) is 4.53. The van der Waals surface area contributed by atoms with Gasteiger partial charge >= 0.3 is 0 Å². The van der Waals surface area contributed by atoms with E-state index in [1.807, 2.05) is 30.1 Å². The fraction of sp³-hybridized carbons (Fsp3) is 0.562. The molecule has 4 heteroatoms. The summed E-state index contributed by atoms with van der Waals surface area (Å²) in [6.45, 7) is 7.82. The topological polar surface area (TPSA) is 41.6 Å². The van der Waals surface area contributed by atoms with E-state index in [4.69, 9.17) is 4.74 Å². The van der Waals surface area contributed by atoms with Crippen LogP contribution in [0.1, 0.15) is 37.6 Å². The molecule has 0 bridgehead atoms. The van der Waals surface area contributed by atoms with Gasteiger partial charge in [0.15, 0.2) is 5.75 Å². The summed E-state index contributed by atoms with van der Waals surface area (Å²) in [4.78, 5) is 14.5. The van der Waals surface area contributed by atoms with Crippen LogP contribution in [-0.2, 0) is 0 Å². The van der Waals surface area contributed by atoms with Gasteiger partial charge in [-0.05, 0) is 31.4 Å². The zero-order valence-electron chi connectivity index (χ0n) is 12.8. The second kappa shape index (κ2) is 6.16. The summed E-state index contributed by atoms with van der Waals surface area (Å²) in [5, 5.41) is 3.26. The number of ether oxygens (including phenoxy) is 1. The largest absolute Gasteiger partial charge is 0.489 e. The third-order valence-electron chi connectivity index (χ3n) is 3.70. The normalized spacial score (nSPS) is 15.1. The quantitative estimate of drug-likeness (QED) is 0.919. The molecule has 1 aliphatic rings. The van der Waals surface area contributed by atoms with Crippen LogP contribution in [0.5, 0.6) is 5.75 Å². The van der Waals surface area contributed by atoms with Crippen molar-refractivity contribution in [1.29, 1.82) is 0 Å². The smallest absolute Gasteiger partial charge is 0.257 e. The number of carbonyl (C=O) groups excluding carboxylic acids is 1. The van der Waals surface area contributed by atoms with Gasteiger partial charge < -0.3 is 15.0 Å². The summed E-state index contributed by atoms with van der Waals surface area (Å²) in [5.41, 5.74) is 1.56. The first-order valence-electron chi connectivity index (χ1n) is 7.27. The second-order valence-corrected chi connectivity index (χ2v) is 5.85. The van der Waals surface area contributed by atoms with Crippen LogP contribution in [0.15, 0.2) is 18.2 Å². The molecule has 1 N–H and O–H groups in total. The second-order valence-electron chi connectivity index (χ2n) is 5.85. The minimum atomic E-state index is 0.0266. The molecule has 0 spiro atoms. The Bertz CT molecular complexity index is 485. The van der Waals surface area contributed by atoms with Gasteiger partial charge in [-0.3, -0.25) is 4.79 Å². The van der Waals surface area contributed by atoms with Crippen molar-refractivity contribution in [2.75, 3.05) is 25.5 Å². The lowest BCUT2D eigenvalue weighted by Crippen LogP contribution is -2.36. The average molecular weight is 276 g/mol. The number of nitrogens with one attached hydrogen (secondary N) is 1. The molecule has 110 valence electrons. The van der Waals surface area contributed by atoms with E-state index in [9.17, 15) is 4.79 Å². The minimum Gasteiger partial charge on any atom is -0.489 e. The molecule has 0 fully saturated rings. The van der Waals surface area contributed by atoms with Crippen LogP contribution in [-0.4, -0.2) is 37.0 Å². The fourth-order valence-electron chi connectivity index (χ4n) is 2.57. The number of para-hydroxylation sites is 1. The molecule has 1 heterocycles. The highest BCUT2D eigenvalue weighted by Gasteiger charge is 2.24. The number of carbonyl (C=O) groups is 1. The molecule has 1 unspecified atom stereocenters. The van der Waals surface area contributed by atoms with E-state index in [0.717, 1.165) is 18.7 Å². The molecular formula is C16H24N2O2. The zero-order valence-corrected chi connectivity index (χ0v) is 12.8. The predicted molar refractivity (Wildman–Crippen MR) is 81.4 cm³/mol. The van der Waals surface area contributed by atoms with Gasteiger partial charge in [0.2, 0.25) is 0 Å². The van der Waals surface area contributed by atoms with Gasteiger partial charge in [-0.2, -0.15) is 0 Å². The molecular weight excluding hydrogens is 252 g/mol. The monoisotopic (exact) mass is 276 g/mol. The number of hydrogen-bond acceptors (Lipinski definition) is 3. The van der Waals surface area contributed by atoms with Gasteiger partial charge in [0, 0.05) is 19.6 Å². The Hall–Kier alpha value is -1.71. The van der Waals surface area contributed by atoms with E-state index >= 15 is 0 Å². The highest BCUT2D eigenvalue weighted by Crippen LogP contribution is 2.32. The molecule has 1 aromatic carbocycles. The summed E-state index contributed by atoms with van der Waals surface area (Å²) in [6.07, 6.45) is 0.996. The molecule has 4 nitrogen and oxygen atoms in total. The number of anilines is 1. The first kappa shape index (κ1) is 14.7. The molecule has 20 heavy (non-hydrogen) atoms. The van der Waals surface area contributed by atoms with Gasteiger partial charge in [0.05, 0.1) is 11.3 Å². The maximum atomic E-state index is 12.7. The van der Waals surface area contributed by atoms with Crippen LogP contribution >= 0.6 is 0 Å². The van der Waals surface area contributed by atoms with E-state index in [-0.39, 0.29) is 11.9 Å². The first-order valence-corrected chi connectivity index (χ1v) is 7.27. The van der Waals surface area contributed by atoms with Gasteiger partial charge in [0.25, 0.3) is 5.91 Å². The molecule has 1 atom stereocenters. The predicted octanol–water partition coefficient (Wildman–Crippen LogP) is 3.00. The van der Waals surface area contributed by atoms with Gasteiger partial charge in [-0.1, -0.05) is 19.9 Å². The average Bonchev–Trinajstić information content (AvgIpc) is 2.44. The van der Waals surface area contributed by atoms with Gasteiger partial charge in [-0.25, -0.2) is 0 Å². The first-order chi connectivity index (χ1) is 9.50. The summed E-state index contributed by atoms with van der Waals surface area (Å²) in [7, 11) is 1.87. The molecule has 2 rings (SSSR count). The third kappa shape index (κ3) is 3.06. The third-order valence-corrected chi connectivity index (χ3v) is 3.70. The van der Waals surface area contributed by atoms with Crippen molar-refractivity contribution < 1.29 is 9.53 Å². The molecule has 0 saturated carbocycles. The standard InChI is InChI=1S/C16H24N2O2/c1-11(2)10-12(3)18(4)16(19)13-6-5-7-14-15(13)20-9-8-17-14/h5-7,11-12,17H,8-10H2,1-4H3. The van der Waals surface area contributed by atoms with Crippen LogP contribution in [0.25, 0.3) is 0 Å². The van der Waals surface area contributed by atoms with Crippen molar-refractivity contribution in [2.45, 2.75) is 33.2 Å². The highest BCUT2D eigenvalue weighted by molar-refractivity contribution is 5.99. The van der Waals surface area contributed by atoms with Crippen molar-refractivity contribution in [3.05, 3.63) is 23.8 Å². The Morgan fingerprint density at radius 1 is 1.40 bits per heavy atom. The molecule has 1 aliphatic heterocycles. The summed E-state index contributed by atoms with van der Waals surface area (Å²) >= 11 is 0. The maximum Gasteiger partial charge on any atom is 0.257 e. The Labute approximate surface area is 121 Å². The van der Waals surface area contributed by atoms with Crippen LogP contribution < -0.4 is 10.1 Å². The number of nitrogens with zero attached hydrogens (tertiary/aromatic N) is 1. The minimum absolute atomic E-state index is 0.0266. The van der Waals surface area contributed by atoms with Crippen molar-refractivity contribution in [2.24, 2.45) is 5.92 Å². The van der Waals surface area contributed by atoms with Crippen LogP contribution in [0.3, 0.4) is 0 Å². The van der Waals surface area contributed by atoms with E-state index in [1.54, 1.807) is 0 Å². The number of benzene rings is 1. The lowest BCUT2D eigenvalue weighted by Gasteiger charge is -2.28. The molecule has 1 aromatic rings. The van der Waals surface area contributed by atoms with E-state index in [2.05, 4.69) is 26.1 Å². The Morgan fingerprint density at radius 2 is 2.15 bits per heavy atom. The number of amides is 1. The summed E-state index contributed by atoms with van der Waals surface area (Å²) in [6, 6.07) is 5.90. The molecule has 0 aromatic heterocycles. The Balaban J connectivity index is 2.21. The maximum absolute atomic E-state index is 12.7. The van der Waals surface area contributed by atoms with Crippen LogP contribution in [0.2, 0.25) is 0 Å². The number of fused-ring (bicyclic) bond motifs is 1. The van der Waals surface area contributed by atoms with Gasteiger partial charge in [0.1, 0.15) is 6.61 Å².